The predicted octanol–water partition coefficient (Wildman–Crippen LogP) is 1.55. The SMILES string of the molecule is CCCNC(=O)CCNc1ncccc1F. The van der Waals surface area contributed by atoms with Crippen LogP contribution in [0.2, 0.25) is 0 Å². The van der Waals surface area contributed by atoms with Crippen LogP contribution in [0, 0.1) is 5.82 Å². The number of hydrogen-bond acceptors (Lipinski definition) is 3. The summed E-state index contributed by atoms with van der Waals surface area (Å²) in [6.07, 6.45) is 2.73. The van der Waals surface area contributed by atoms with Gasteiger partial charge in [-0.25, -0.2) is 9.37 Å². The molecule has 0 saturated heterocycles. The Kier molecular flexibility index (Phi) is 5.25. The minimum atomic E-state index is -0.406. The maximum absolute atomic E-state index is 13.1. The lowest BCUT2D eigenvalue weighted by molar-refractivity contribution is -0.120. The first-order chi connectivity index (χ1) is 7.74. The second-order valence-electron chi connectivity index (χ2n) is 3.36. The van der Waals surface area contributed by atoms with Crippen LogP contribution in [0.5, 0.6) is 0 Å². The van der Waals surface area contributed by atoms with Crippen LogP contribution in [0.15, 0.2) is 18.3 Å². The van der Waals surface area contributed by atoms with Crippen molar-refractivity contribution in [2.24, 2.45) is 0 Å². The summed E-state index contributed by atoms with van der Waals surface area (Å²) in [5.41, 5.74) is 0. The van der Waals surface area contributed by atoms with E-state index >= 15 is 0 Å². The summed E-state index contributed by atoms with van der Waals surface area (Å²) in [7, 11) is 0. The maximum Gasteiger partial charge on any atom is 0.221 e. The second-order valence-corrected chi connectivity index (χ2v) is 3.36. The van der Waals surface area contributed by atoms with E-state index in [1.165, 1.54) is 18.3 Å². The normalized spacial score (nSPS) is 9.88. The summed E-state index contributed by atoms with van der Waals surface area (Å²) in [5.74, 6) is -0.257. The number of anilines is 1. The smallest absolute Gasteiger partial charge is 0.221 e. The van der Waals surface area contributed by atoms with E-state index in [1.54, 1.807) is 0 Å². The molecule has 5 heteroatoms. The van der Waals surface area contributed by atoms with Crippen LogP contribution in [0.3, 0.4) is 0 Å². The molecule has 0 atom stereocenters. The molecule has 0 aliphatic heterocycles. The Hall–Kier alpha value is -1.65. The molecule has 0 unspecified atom stereocenters. The Labute approximate surface area is 94.3 Å². The largest absolute Gasteiger partial charge is 0.367 e. The highest BCUT2D eigenvalue weighted by Gasteiger charge is 2.03. The quantitative estimate of drug-likeness (QED) is 0.772. The molecule has 0 saturated carbocycles. The predicted molar refractivity (Wildman–Crippen MR) is 60.6 cm³/mol. The first-order valence-corrected chi connectivity index (χ1v) is 5.35. The summed E-state index contributed by atoms with van der Waals surface area (Å²) < 4.78 is 13.1. The number of hydrogen-bond donors (Lipinski definition) is 2. The van der Waals surface area contributed by atoms with E-state index in [1.807, 2.05) is 6.92 Å². The van der Waals surface area contributed by atoms with Gasteiger partial charge in [0.2, 0.25) is 5.91 Å². The molecule has 4 nitrogen and oxygen atoms in total. The van der Waals surface area contributed by atoms with E-state index in [-0.39, 0.29) is 11.7 Å². The van der Waals surface area contributed by atoms with Crippen LogP contribution in [0.1, 0.15) is 19.8 Å². The number of halogens is 1. The van der Waals surface area contributed by atoms with Crippen molar-refractivity contribution in [3.8, 4) is 0 Å². The molecule has 0 spiro atoms. The molecule has 1 aromatic rings. The lowest BCUT2D eigenvalue weighted by Crippen LogP contribution is -2.26. The van der Waals surface area contributed by atoms with Crippen LogP contribution >= 0.6 is 0 Å². The zero-order valence-electron chi connectivity index (χ0n) is 9.29. The van der Waals surface area contributed by atoms with Crippen LogP contribution < -0.4 is 10.6 Å². The molecule has 0 aliphatic rings. The molecule has 2 N–H and O–H groups in total. The zero-order chi connectivity index (χ0) is 11.8. The summed E-state index contributed by atoms with van der Waals surface area (Å²) >= 11 is 0. The Bertz CT molecular complexity index is 344. The Balaban J connectivity index is 2.25. The van der Waals surface area contributed by atoms with Crippen molar-refractivity contribution in [3.63, 3.8) is 0 Å². The van der Waals surface area contributed by atoms with Gasteiger partial charge in [-0.2, -0.15) is 0 Å². The van der Waals surface area contributed by atoms with Crippen molar-refractivity contribution in [2.45, 2.75) is 19.8 Å². The van der Waals surface area contributed by atoms with Gasteiger partial charge in [0.15, 0.2) is 11.6 Å². The summed E-state index contributed by atoms with van der Waals surface area (Å²) in [6, 6.07) is 2.85. The van der Waals surface area contributed by atoms with Crippen molar-refractivity contribution in [1.29, 1.82) is 0 Å². The molecular weight excluding hydrogens is 209 g/mol. The van der Waals surface area contributed by atoms with Crippen molar-refractivity contribution in [1.82, 2.24) is 10.3 Å². The first kappa shape index (κ1) is 12.4. The topological polar surface area (TPSA) is 54.0 Å². The summed E-state index contributed by atoms with van der Waals surface area (Å²) in [6.45, 7) is 3.04. The summed E-state index contributed by atoms with van der Waals surface area (Å²) in [4.78, 5) is 15.0. The standard InChI is InChI=1S/C11H16FN3O/c1-2-6-13-10(16)5-8-15-11-9(12)4-3-7-14-11/h3-4,7H,2,5-6,8H2,1H3,(H,13,16)(H,14,15). The van der Waals surface area contributed by atoms with Gasteiger partial charge < -0.3 is 10.6 Å². The van der Waals surface area contributed by atoms with Gasteiger partial charge in [-0.05, 0) is 18.6 Å². The van der Waals surface area contributed by atoms with E-state index in [0.717, 1.165) is 6.42 Å². The Morgan fingerprint density at radius 3 is 3.00 bits per heavy atom. The molecule has 16 heavy (non-hydrogen) atoms. The minimum absolute atomic E-state index is 0.0364. The van der Waals surface area contributed by atoms with Crippen LogP contribution in [-0.2, 0) is 4.79 Å². The molecule has 1 amide bonds. The van der Waals surface area contributed by atoms with Gasteiger partial charge >= 0.3 is 0 Å². The van der Waals surface area contributed by atoms with Crippen molar-refractivity contribution in [2.75, 3.05) is 18.4 Å². The third-order valence-electron chi connectivity index (χ3n) is 1.98. The fourth-order valence-corrected chi connectivity index (χ4v) is 1.16. The van der Waals surface area contributed by atoms with Gasteiger partial charge in [0.1, 0.15) is 0 Å². The molecule has 0 fully saturated rings. The lowest BCUT2D eigenvalue weighted by Gasteiger charge is -2.06. The van der Waals surface area contributed by atoms with E-state index in [2.05, 4.69) is 15.6 Å². The van der Waals surface area contributed by atoms with Crippen LogP contribution in [0.25, 0.3) is 0 Å². The Morgan fingerprint density at radius 1 is 1.50 bits per heavy atom. The van der Waals surface area contributed by atoms with Gasteiger partial charge in [0, 0.05) is 25.7 Å². The minimum Gasteiger partial charge on any atom is -0.367 e. The van der Waals surface area contributed by atoms with Crippen molar-refractivity contribution >= 4 is 11.7 Å². The molecule has 1 aromatic heterocycles. The molecule has 1 heterocycles. The lowest BCUT2D eigenvalue weighted by atomic mass is 10.3. The average Bonchev–Trinajstić information content (AvgIpc) is 2.29. The van der Waals surface area contributed by atoms with Crippen molar-refractivity contribution in [3.05, 3.63) is 24.1 Å². The van der Waals surface area contributed by atoms with Gasteiger partial charge in [0.25, 0.3) is 0 Å². The second kappa shape index (κ2) is 6.76. The van der Waals surface area contributed by atoms with E-state index in [0.29, 0.717) is 19.5 Å². The number of carbonyl (C=O) groups excluding carboxylic acids is 1. The van der Waals surface area contributed by atoms with E-state index < -0.39 is 5.82 Å². The third-order valence-corrected chi connectivity index (χ3v) is 1.98. The van der Waals surface area contributed by atoms with Crippen LogP contribution in [0.4, 0.5) is 10.2 Å². The molecule has 0 bridgehead atoms. The maximum atomic E-state index is 13.1. The molecule has 0 radical (unpaired) electrons. The third kappa shape index (κ3) is 4.25. The fraction of sp³-hybridized carbons (Fsp3) is 0.455. The molecule has 0 aliphatic carbocycles. The van der Waals surface area contributed by atoms with E-state index in [4.69, 9.17) is 0 Å². The number of amides is 1. The highest BCUT2D eigenvalue weighted by atomic mass is 19.1. The van der Waals surface area contributed by atoms with Gasteiger partial charge in [-0.15, -0.1) is 0 Å². The number of pyridine rings is 1. The number of carbonyl (C=O) groups is 1. The highest BCUT2D eigenvalue weighted by Crippen LogP contribution is 2.07. The molecule has 88 valence electrons. The molecule has 0 aromatic carbocycles. The zero-order valence-corrected chi connectivity index (χ0v) is 9.29. The number of nitrogens with zero attached hydrogens (tertiary/aromatic N) is 1. The molecular formula is C11H16FN3O. The monoisotopic (exact) mass is 225 g/mol. The Morgan fingerprint density at radius 2 is 2.31 bits per heavy atom. The number of rotatable bonds is 6. The van der Waals surface area contributed by atoms with Gasteiger partial charge in [0.05, 0.1) is 0 Å². The van der Waals surface area contributed by atoms with E-state index in [9.17, 15) is 9.18 Å². The van der Waals surface area contributed by atoms with Gasteiger partial charge in [-0.1, -0.05) is 6.92 Å². The fourth-order valence-electron chi connectivity index (χ4n) is 1.16. The van der Waals surface area contributed by atoms with Crippen LogP contribution in [-0.4, -0.2) is 24.0 Å². The average molecular weight is 225 g/mol. The first-order valence-electron chi connectivity index (χ1n) is 5.35. The van der Waals surface area contributed by atoms with Crippen molar-refractivity contribution < 1.29 is 9.18 Å². The molecule has 1 rings (SSSR count). The number of aromatic nitrogens is 1. The number of nitrogens with one attached hydrogen (secondary N) is 2. The van der Waals surface area contributed by atoms with Gasteiger partial charge in [-0.3, -0.25) is 4.79 Å². The summed E-state index contributed by atoms with van der Waals surface area (Å²) in [5, 5.41) is 5.51. The highest BCUT2D eigenvalue weighted by molar-refractivity contribution is 5.76.